The van der Waals surface area contributed by atoms with Crippen LogP contribution in [0.3, 0.4) is 0 Å². The Morgan fingerprint density at radius 3 is 2.94 bits per heavy atom. The number of morpholine rings is 1. The molecule has 1 aliphatic rings. The first-order chi connectivity index (χ1) is 8.15. The summed E-state index contributed by atoms with van der Waals surface area (Å²) in [5.74, 6) is -0.603. The highest BCUT2D eigenvalue weighted by atomic mass is 32.2. The Morgan fingerprint density at radius 2 is 2.41 bits per heavy atom. The largest absolute Gasteiger partial charge is 0.480 e. The lowest BCUT2D eigenvalue weighted by atomic mass is 10.2. The minimum absolute atomic E-state index is 0.292. The average Bonchev–Trinajstić information content (AvgIpc) is 2.35. The predicted octanol–water partition coefficient (Wildman–Crippen LogP) is -0.703. The summed E-state index contributed by atoms with van der Waals surface area (Å²) in [6, 6.07) is -1.27. The van der Waals surface area contributed by atoms with E-state index in [1.54, 1.807) is 11.8 Å². The van der Waals surface area contributed by atoms with Gasteiger partial charge >= 0.3 is 5.97 Å². The number of nitrogens with one attached hydrogen (secondary N) is 2. The zero-order valence-electron chi connectivity index (χ0n) is 9.77. The number of ether oxygens (including phenoxy) is 1. The Balaban J connectivity index is 2.42. The number of carbonyl (C=O) groups is 2. The van der Waals surface area contributed by atoms with E-state index in [1.807, 2.05) is 6.26 Å². The van der Waals surface area contributed by atoms with Crippen molar-refractivity contribution >= 4 is 23.6 Å². The van der Waals surface area contributed by atoms with Crippen LogP contribution in [0.15, 0.2) is 0 Å². The second-order valence-corrected chi connectivity index (χ2v) is 4.75. The highest BCUT2D eigenvalue weighted by Crippen LogP contribution is 2.02. The van der Waals surface area contributed by atoms with Gasteiger partial charge < -0.3 is 20.5 Å². The van der Waals surface area contributed by atoms with E-state index in [0.717, 1.165) is 0 Å². The smallest absolute Gasteiger partial charge is 0.326 e. The first-order valence-electron chi connectivity index (χ1n) is 5.48. The summed E-state index contributed by atoms with van der Waals surface area (Å²) in [5.41, 5.74) is 0. The highest BCUT2D eigenvalue weighted by Gasteiger charge is 2.26. The van der Waals surface area contributed by atoms with Gasteiger partial charge in [0.15, 0.2) is 0 Å². The van der Waals surface area contributed by atoms with E-state index in [-0.39, 0.29) is 5.91 Å². The molecule has 1 unspecified atom stereocenters. The van der Waals surface area contributed by atoms with Crippen LogP contribution in [-0.4, -0.2) is 60.8 Å². The van der Waals surface area contributed by atoms with Crippen molar-refractivity contribution in [2.75, 3.05) is 31.8 Å². The van der Waals surface area contributed by atoms with E-state index in [2.05, 4.69) is 10.6 Å². The van der Waals surface area contributed by atoms with Gasteiger partial charge in [0.2, 0.25) is 5.91 Å². The number of hydrogen-bond acceptors (Lipinski definition) is 5. The van der Waals surface area contributed by atoms with Crippen LogP contribution in [0.4, 0.5) is 0 Å². The lowest BCUT2D eigenvalue weighted by Crippen LogP contribution is -2.54. The van der Waals surface area contributed by atoms with Crippen molar-refractivity contribution in [3.8, 4) is 0 Å². The molecule has 1 rings (SSSR count). The maximum Gasteiger partial charge on any atom is 0.326 e. The molecule has 17 heavy (non-hydrogen) atoms. The molecule has 2 atom stereocenters. The fourth-order valence-electron chi connectivity index (χ4n) is 1.50. The summed E-state index contributed by atoms with van der Waals surface area (Å²) in [4.78, 5) is 22.7. The van der Waals surface area contributed by atoms with Crippen molar-refractivity contribution in [3.05, 3.63) is 0 Å². The van der Waals surface area contributed by atoms with Gasteiger partial charge in [0, 0.05) is 6.54 Å². The van der Waals surface area contributed by atoms with E-state index in [0.29, 0.717) is 31.9 Å². The lowest BCUT2D eigenvalue weighted by Gasteiger charge is -2.24. The molecule has 0 saturated carbocycles. The summed E-state index contributed by atoms with van der Waals surface area (Å²) in [6.07, 6.45) is 2.33. The van der Waals surface area contributed by atoms with Crippen molar-refractivity contribution in [2.45, 2.75) is 18.5 Å². The van der Waals surface area contributed by atoms with E-state index in [1.165, 1.54) is 0 Å². The van der Waals surface area contributed by atoms with Gasteiger partial charge in [-0.25, -0.2) is 4.79 Å². The number of aliphatic carboxylic acids is 1. The molecule has 0 spiro atoms. The van der Waals surface area contributed by atoms with Gasteiger partial charge in [0.1, 0.15) is 12.1 Å². The zero-order valence-corrected chi connectivity index (χ0v) is 10.6. The maximum atomic E-state index is 11.8. The molecule has 1 heterocycles. The molecule has 1 aliphatic heterocycles. The summed E-state index contributed by atoms with van der Waals surface area (Å²) in [6.45, 7) is 1.49. The van der Waals surface area contributed by atoms with Gasteiger partial charge in [-0.05, 0) is 18.4 Å². The number of carboxylic acid groups (broad SMARTS) is 1. The number of amides is 1. The molecule has 0 bridgehead atoms. The second-order valence-electron chi connectivity index (χ2n) is 3.76. The van der Waals surface area contributed by atoms with E-state index in [4.69, 9.17) is 9.84 Å². The van der Waals surface area contributed by atoms with Crippen LogP contribution >= 0.6 is 11.8 Å². The molecule has 6 nitrogen and oxygen atoms in total. The predicted molar refractivity (Wildman–Crippen MR) is 65.2 cm³/mol. The summed E-state index contributed by atoms with van der Waals surface area (Å²) in [7, 11) is 0. The van der Waals surface area contributed by atoms with Crippen LogP contribution in [0.1, 0.15) is 6.42 Å². The van der Waals surface area contributed by atoms with Gasteiger partial charge in [-0.3, -0.25) is 4.79 Å². The quantitative estimate of drug-likeness (QED) is 0.586. The third-order valence-corrected chi connectivity index (χ3v) is 3.11. The molecule has 98 valence electrons. The van der Waals surface area contributed by atoms with E-state index in [9.17, 15) is 9.59 Å². The Labute approximate surface area is 104 Å². The van der Waals surface area contributed by atoms with Crippen LogP contribution < -0.4 is 10.6 Å². The number of hydrogen-bond donors (Lipinski definition) is 3. The number of thioether (sulfide) groups is 1. The molecular weight excluding hydrogens is 244 g/mol. The summed E-state index contributed by atoms with van der Waals surface area (Å²) >= 11 is 1.56. The monoisotopic (exact) mass is 262 g/mol. The molecule has 0 aromatic carbocycles. The summed E-state index contributed by atoms with van der Waals surface area (Å²) in [5, 5.41) is 14.5. The first kappa shape index (κ1) is 14.3. The van der Waals surface area contributed by atoms with E-state index >= 15 is 0 Å². The van der Waals surface area contributed by atoms with Crippen LogP contribution in [0.2, 0.25) is 0 Å². The molecule has 0 aromatic rings. The van der Waals surface area contributed by atoms with Crippen molar-refractivity contribution < 1.29 is 19.4 Å². The minimum atomic E-state index is -0.996. The van der Waals surface area contributed by atoms with Gasteiger partial charge in [-0.1, -0.05) is 0 Å². The molecule has 1 saturated heterocycles. The lowest BCUT2D eigenvalue weighted by molar-refractivity contribution is -0.142. The fourth-order valence-corrected chi connectivity index (χ4v) is 1.97. The average molecular weight is 262 g/mol. The van der Waals surface area contributed by atoms with Gasteiger partial charge in [-0.15, -0.1) is 0 Å². The number of rotatable bonds is 6. The molecule has 3 N–H and O–H groups in total. The molecule has 0 aromatic heterocycles. The summed E-state index contributed by atoms with van der Waals surface area (Å²) < 4.78 is 5.15. The molecule has 7 heteroatoms. The highest BCUT2D eigenvalue weighted by molar-refractivity contribution is 7.98. The van der Waals surface area contributed by atoms with Crippen molar-refractivity contribution in [2.24, 2.45) is 0 Å². The maximum absolute atomic E-state index is 11.8. The standard InChI is InChI=1S/C10H18N2O4S/c1-17-5-2-7(10(14)15)12-9(13)8-6-16-4-3-11-8/h7-8,11H,2-6H2,1H3,(H,12,13)(H,14,15)/t7-,8?/m0/s1. The Morgan fingerprint density at radius 1 is 1.65 bits per heavy atom. The Kier molecular flexibility index (Phi) is 6.31. The molecule has 1 amide bonds. The topological polar surface area (TPSA) is 87.7 Å². The van der Waals surface area contributed by atoms with Crippen LogP contribution in [0.5, 0.6) is 0 Å². The minimum Gasteiger partial charge on any atom is -0.480 e. The van der Waals surface area contributed by atoms with E-state index < -0.39 is 18.1 Å². The second kappa shape index (κ2) is 7.52. The van der Waals surface area contributed by atoms with Crippen molar-refractivity contribution in [1.82, 2.24) is 10.6 Å². The van der Waals surface area contributed by atoms with Crippen LogP contribution in [0.25, 0.3) is 0 Å². The Hall–Kier alpha value is -0.790. The Bertz CT molecular complexity index is 269. The third kappa shape index (κ3) is 4.93. The number of carboxylic acids is 1. The molecular formula is C10H18N2O4S. The van der Waals surface area contributed by atoms with Gasteiger partial charge in [0.05, 0.1) is 13.2 Å². The SMILES string of the molecule is CSCC[C@H](NC(=O)C1COCCN1)C(=O)O. The third-order valence-electron chi connectivity index (χ3n) is 2.46. The molecule has 1 fully saturated rings. The molecule has 0 aliphatic carbocycles. The fraction of sp³-hybridized carbons (Fsp3) is 0.800. The number of carbonyl (C=O) groups excluding carboxylic acids is 1. The zero-order chi connectivity index (χ0) is 12.7. The van der Waals surface area contributed by atoms with Gasteiger partial charge in [0.25, 0.3) is 0 Å². The van der Waals surface area contributed by atoms with Crippen LogP contribution in [0, 0.1) is 0 Å². The van der Waals surface area contributed by atoms with Crippen molar-refractivity contribution in [3.63, 3.8) is 0 Å². The normalized spacial score (nSPS) is 21.8. The van der Waals surface area contributed by atoms with Gasteiger partial charge in [-0.2, -0.15) is 11.8 Å². The van der Waals surface area contributed by atoms with Crippen LogP contribution in [-0.2, 0) is 14.3 Å². The van der Waals surface area contributed by atoms with Crippen molar-refractivity contribution in [1.29, 1.82) is 0 Å². The molecule has 0 radical (unpaired) electrons. The first-order valence-corrected chi connectivity index (χ1v) is 6.87.